The Morgan fingerprint density at radius 3 is 2.77 bits per heavy atom. The van der Waals surface area contributed by atoms with Crippen LogP contribution in [-0.4, -0.2) is 13.6 Å². The summed E-state index contributed by atoms with van der Waals surface area (Å²) in [5.41, 5.74) is 8.89. The van der Waals surface area contributed by atoms with Crippen molar-refractivity contribution in [3.63, 3.8) is 0 Å². The van der Waals surface area contributed by atoms with Crippen LogP contribution in [0.2, 0.25) is 0 Å². The molecule has 0 amide bonds. The highest BCUT2D eigenvalue weighted by molar-refractivity contribution is 5.59. The molecule has 0 heterocycles. The van der Waals surface area contributed by atoms with E-state index in [2.05, 4.69) is 17.5 Å². The Morgan fingerprint density at radius 1 is 1.54 bits per heavy atom. The summed E-state index contributed by atoms with van der Waals surface area (Å²) in [6.45, 7) is 6.54. The third-order valence-corrected chi connectivity index (χ3v) is 2.11. The van der Waals surface area contributed by atoms with E-state index in [9.17, 15) is 0 Å². The van der Waals surface area contributed by atoms with Crippen molar-refractivity contribution in [2.45, 2.75) is 6.92 Å². The first kappa shape index (κ1) is 9.65. The highest BCUT2D eigenvalue weighted by Gasteiger charge is 2.00. The first-order valence-corrected chi connectivity index (χ1v) is 4.33. The molecule has 0 aliphatic heterocycles. The van der Waals surface area contributed by atoms with Crippen LogP contribution in [0, 0.1) is 6.92 Å². The summed E-state index contributed by atoms with van der Waals surface area (Å²) < 4.78 is 0. The van der Waals surface area contributed by atoms with Gasteiger partial charge in [-0.15, -0.1) is 6.58 Å². The smallest absolute Gasteiger partial charge is 0.0387 e. The molecular formula is C11H16N2. The summed E-state index contributed by atoms with van der Waals surface area (Å²) in [5, 5.41) is 0. The van der Waals surface area contributed by atoms with E-state index in [1.165, 1.54) is 0 Å². The number of benzene rings is 1. The van der Waals surface area contributed by atoms with E-state index >= 15 is 0 Å². The molecule has 1 aromatic rings. The third-order valence-electron chi connectivity index (χ3n) is 2.11. The molecule has 70 valence electrons. The largest absolute Gasteiger partial charge is 0.398 e. The van der Waals surface area contributed by atoms with Gasteiger partial charge in [0.2, 0.25) is 0 Å². The van der Waals surface area contributed by atoms with Gasteiger partial charge in [0.15, 0.2) is 0 Å². The molecule has 2 heteroatoms. The predicted octanol–water partition coefficient (Wildman–Crippen LogP) is 2.20. The molecule has 1 aromatic carbocycles. The van der Waals surface area contributed by atoms with Crippen LogP contribution in [0.1, 0.15) is 5.56 Å². The lowest BCUT2D eigenvalue weighted by molar-refractivity contribution is 1.03. The second-order valence-electron chi connectivity index (χ2n) is 3.21. The number of anilines is 2. The number of likely N-dealkylation sites (N-methyl/N-ethyl adjacent to an activating group) is 1. The zero-order chi connectivity index (χ0) is 9.84. The van der Waals surface area contributed by atoms with Gasteiger partial charge in [-0.2, -0.15) is 0 Å². The Bertz CT molecular complexity index is 305. The fourth-order valence-electron chi connectivity index (χ4n) is 1.16. The third kappa shape index (κ3) is 2.25. The van der Waals surface area contributed by atoms with Gasteiger partial charge in [-0.1, -0.05) is 12.1 Å². The minimum Gasteiger partial charge on any atom is -0.398 e. The molecule has 0 saturated carbocycles. The molecule has 0 bridgehead atoms. The Balaban J connectivity index is 2.89. The van der Waals surface area contributed by atoms with Crippen molar-refractivity contribution < 1.29 is 0 Å². The predicted molar refractivity (Wildman–Crippen MR) is 59.1 cm³/mol. The molecule has 0 spiro atoms. The van der Waals surface area contributed by atoms with Crippen LogP contribution in [0.15, 0.2) is 30.9 Å². The van der Waals surface area contributed by atoms with E-state index in [0.717, 1.165) is 23.5 Å². The van der Waals surface area contributed by atoms with Gasteiger partial charge < -0.3 is 10.6 Å². The van der Waals surface area contributed by atoms with Crippen LogP contribution in [0.25, 0.3) is 0 Å². The van der Waals surface area contributed by atoms with Crippen LogP contribution in [0.5, 0.6) is 0 Å². The molecule has 1 rings (SSSR count). The van der Waals surface area contributed by atoms with Gasteiger partial charge in [-0.3, -0.25) is 0 Å². The van der Waals surface area contributed by atoms with Gasteiger partial charge in [0.05, 0.1) is 0 Å². The molecule has 0 aromatic heterocycles. The molecule has 0 saturated heterocycles. The quantitative estimate of drug-likeness (QED) is 0.565. The summed E-state index contributed by atoms with van der Waals surface area (Å²) in [4.78, 5) is 2.10. The molecular weight excluding hydrogens is 160 g/mol. The van der Waals surface area contributed by atoms with Crippen LogP contribution in [0.3, 0.4) is 0 Å². The Morgan fingerprint density at radius 2 is 2.23 bits per heavy atom. The van der Waals surface area contributed by atoms with Gasteiger partial charge in [-0.05, 0) is 24.6 Å². The number of nitrogens with zero attached hydrogens (tertiary/aromatic N) is 1. The zero-order valence-corrected chi connectivity index (χ0v) is 8.25. The van der Waals surface area contributed by atoms with Crippen molar-refractivity contribution in [1.29, 1.82) is 0 Å². The molecule has 2 nitrogen and oxygen atoms in total. The van der Waals surface area contributed by atoms with Gasteiger partial charge >= 0.3 is 0 Å². The van der Waals surface area contributed by atoms with E-state index in [1.807, 2.05) is 32.2 Å². The van der Waals surface area contributed by atoms with Crippen molar-refractivity contribution in [2.24, 2.45) is 0 Å². The fourth-order valence-corrected chi connectivity index (χ4v) is 1.16. The van der Waals surface area contributed by atoms with Crippen LogP contribution in [0.4, 0.5) is 11.4 Å². The fraction of sp³-hybridized carbons (Fsp3) is 0.273. The number of nitrogens with two attached hydrogens (primary N) is 1. The molecule has 2 N–H and O–H groups in total. The first-order chi connectivity index (χ1) is 6.15. The maximum absolute atomic E-state index is 5.80. The summed E-state index contributed by atoms with van der Waals surface area (Å²) in [6, 6.07) is 6.08. The summed E-state index contributed by atoms with van der Waals surface area (Å²) in [6.07, 6.45) is 1.87. The van der Waals surface area contributed by atoms with Gasteiger partial charge in [0.25, 0.3) is 0 Å². The van der Waals surface area contributed by atoms with E-state index in [4.69, 9.17) is 5.73 Å². The van der Waals surface area contributed by atoms with Gasteiger partial charge in [0.1, 0.15) is 0 Å². The minimum absolute atomic E-state index is 0.836. The normalized spacial score (nSPS) is 9.69. The van der Waals surface area contributed by atoms with Crippen molar-refractivity contribution >= 4 is 11.4 Å². The van der Waals surface area contributed by atoms with E-state index < -0.39 is 0 Å². The number of nitrogen functional groups attached to an aromatic ring is 1. The van der Waals surface area contributed by atoms with Crippen LogP contribution < -0.4 is 10.6 Å². The summed E-state index contributed by atoms with van der Waals surface area (Å²) in [5.74, 6) is 0. The number of aryl methyl sites for hydroxylation is 1. The highest BCUT2D eigenvalue weighted by Crippen LogP contribution is 2.19. The maximum Gasteiger partial charge on any atom is 0.0387 e. The Hall–Kier alpha value is -1.44. The second-order valence-corrected chi connectivity index (χ2v) is 3.21. The average molecular weight is 176 g/mol. The molecule has 0 atom stereocenters. The highest BCUT2D eigenvalue weighted by atomic mass is 15.1. The molecule has 13 heavy (non-hydrogen) atoms. The van der Waals surface area contributed by atoms with Crippen LogP contribution in [-0.2, 0) is 0 Å². The van der Waals surface area contributed by atoms with Gasteiger partial charge in [0, 0.05) is 25.0 Å². The lowest BCUT2D eigenvalue weighted by Crippen LogP contribution is -2.16. The molecule has 0 aliphatic carbocycles. The number of rotatable bonds is 3. The lowest BCUT2D eigenvalue weighted by atomic mass is 10.2. The van der Waals surface area contributed by atoms with E-state index in [0.29, 0.717) is 0 Å². The molecule has 0 fully saturated rings. The van der Waals surface area contributed by atoms with Crippen molar-refractivity contribution in [3.8, 4) is 0 Å². The molecule has 0 radical (unpaired) electrons. The first-order valence-electron chi connectivity index (χ1n) is 4.33. The van der Waals surface area contributed by atoms with Crippen molar-refractivity contribution in [2.75, 3.05) is 24.2 Å². The SMILES string of the molecule is C=CCN(C)c1ccc(C)c(N)c1. The average Bonchev–Trinajstić information content (AvgIpc) is 2.10. The van der Waals surface area contributed by atoms with E-state index in [1.54, 1.807) is 0 Å². The number of hydrogen-bond acceptors (Lipinski definition) is 2. The molecule has 0 unspecified atom stereocenters. The number of hydrogen-bond donors (Lipinski definition) is 1. The zero-order valence-electron chi connectivity index (χ0n) is 8.25. The van der Waals surface area contributed by atoms with Crippen LogP contribution >= 0.6 is 0 Å². The summed E-state index contributed by atoms with van der Waals surface area (Å²) in [7, 11) is 2.02. The summed E-state index contributed by atoms with van der Waals surface area (Å²) >= 11 is 0. The Kier molecular flexibility index (Phi) is 2.96. The lowest BCUT2D eigenvalue weighted by Gasteiger charge is -2.17. The minimum atomic E-state index is 0.836. The Labute approximate surface area is 79.7 Å². The van der Waals surface area contributed by atoms with Gasteiger partial charge in [-0.25, -0.2) is 0 Å². The van der Waals surface area contributed by atoms with Crippen molar-refractivity contribution in [3.05, 3.63) is 36.4 Å². The second kappa shape index (κ2) is 3.99. The standard InChI is InChI=1S/C11H16N2/c1-4-7-13(3)10-6-5-9(2)11(12)8-10/h4-6,8H,1,7,12H2,2-3H3. The monoisotopic (exact) mass is 176 g/mol. The topological polar surface area (TPSA) is 29.3 Å². The van der Waals surface area contributed by atoms with Crippen molar-refractivity contribution in [1.82, 2.24) is 0 Å². The maximum atomic E-state index is 5.80. The van der Waals surface area contributed by atoms with E-state index in [-0.39, 0.29) is 0 Å². The molecule has 0 aliphatic rings.